The monoisotopic (exact) mass is 486 g/mol. The molecule has 0 aromatic heterocycles. The van der Waals surface area contributed by atoms with E-state index in [2.05, 4.69) is 5.32 Å². The third-order valence-corrected chi connectivity index (χ3v) is 7.46. The number of thioether (sulfide) groups is 1. The molecule has 1 N–H and O–H groups in total. The largest absolute Gasteiger partial charge is 0.493 e. The Bertz CT molecular complexity index is 1200. The normalized spacial score (nSPS) is 11.0. The number of para-hydroxylation sites is 2. The Kier molecular flexibility index (Phi) is 8.24. The van der Waals surface area contributed by atoms with Gasteiger partial charge in [-0.1, -0.05) is 37.3 Å². The second kappa shape index (κ2) is 11.1. The molecular weight excluding hydrogens is 460 g/mol. The molecule has 0 aliphatic rings. The maximum atomic E-state index is 13.6. The van der Waals surface area contributed by atoms with Gasteiger partial charge in [0.15, 0.2) is 11.5 Å². The van der Waals surface area contributed by atoms with Crippen LogP contribution >= 0.6 is 11.8 Å². The molecule has 0 aliphatic heterocycles. The summed E-state index contributed by atoms with van der Waals surface area (Å²) in [5.74, 6) is 1.08. The zero-order valence-corrected chi connectivity index (χ0v) is 20.3. The van der Waals surface area contributed by atoms with Crippen molar-refractivity contribution >= 4 is 39.1 Å². The summed E-state index contributed by atoms with van der Waals surface area (Å²) >= 11 is 1.60. The van der Waals surface area contributed by atoms with Crippen LogP contribution in [0.3, 0.4) is 0 Å². The van der Waals surface area contributed by atoms with E-state index in [1.54, 1.807) is 48.2 Å². The summed E-state index contributed by atoms with van der Waals surface area (Å²) in [6.07, 6.45) is 0. The van der Waals surface area contributed by atoms with Crippen molar-refractivity contribution in [2.45, 2.75) is 16.7 Å². The van der Waals surface area contributed by atoms with Gasteiger partial charge in [0.2, 0.25) is 5.91 Å². The Labute approximate surface area is 198 Å². The second-order valence-electron chi connectivity index (χ2n) is 6.84. The minimum absolute atomic E-state index is 0.0151. The molecule has 0 unspecified atom stereocenters. The van der Waals surface area contributed by atoms with Gasteiger partial charge in [-0.15, -0.1) is 11.8 Å². The first-order valence-corrected chi connectivity index (χ1v) is 12.6. The van der Waals surface area contributed by atoms with Crippen molar-refractivity contribution in [1.82, 2.24) is 0 Å². The maximum absolute atomic E-state index is 13.6. The topological polar surface area (TPSA) is 84.9 Å². The van der Waals surface area contributed by atoms with Crippen molar-refractivity contribution in [2.75, 3.05) is 36.1 Å². The van der Waals surface area contributed by atoms with Gasteiger partial charge in [-0.3, -0.25) is 9.10 Å². The molecule has 3 rings (SSSR count). The van der Waals surface area contributed by atoms with Crippen LogP contribution in [0.1, 0.15) is 6.92 Å². The summed E-state index contributed by atoms with van der Waals surface area (Å²) in [6.45, 7) is 1.63. The summed E-state index contributed by atoms with van der Waals surface area (Å²) in [4.78, 5) is 13.9. The first kappa shape index (κ1) is 24.5. The summed E-state index contributed by atoms with van der Waals surface area (Å²) in [7, 11) is -1.18. The van der Waals surface area contributed by atoms with Gasteiger partial charge in [0.05, 0.1) is 30.5 Å². The predicted molar refractivity (Wildman–Crippen MR) is 132 cm³/mol. The van der Waals surface area contributed by atoms with E-state index in [0.717, 1.165) is 15.0 Å². The van der Waals surface area contributed by atoms with Gasteiger partial charge in [-0.25, -0.2) is 8.42 Å². The second-order valence-corrected chi connectivity index (χ2v) is 10.0. The SMILES string of the molecule is CCSc1ccccc1NC(=O)CN(c1ccccc1)S(=O)(=O)c1ccc(OC)c(OC)c1. The van der Waals surface area contributed by atoms with Crippen molar-refractivity contribution in [1.29, 1.82) is 0 Å². The lowest BCUT2D eigenvalue weighted by molar-refractivity contribution is -0.114. The molecule has 9 heteroatoms. The Morgan fingerprint density at radius 1 is 0.939 bits per heavy atom. The summed E-state index contributed by atoms with van der Waals surface area (Å²) in [5, 5.41) is 2.85. The quantitative estimate of drug-likeness (QED) is 0.420. The number of nitrogens with zero attached hydrogens (tertiary/aromatic N) is 1. The predicted octanol–water partition coefficient (Wildman–Crippen LogP) is 4.65. The highest BCUT2D eigenvalue weighted by molar-refractivity contribution is 7.99. The van der Waals surface area contributed by atoms with Gasteiger partial charge in [0.1, 0.15) is 6.54 Å². The first-order valence-electron chi connectivity index (χ1n) is 10.2. The van der Waals surface area contributed by atoms with Crippen LogP contribution in [0.4, 0.5) is 11.4 Å². The molecule has 0 fully saturated rings. The van der Waals surface area contributed by atoms with Crippen LogP contribution in [-0.4, -0.2) is 40.8 Å². The zero-order valence-electron chi connectivity index (χ0n) is 18.6. The fourth-order valence-corrected chi connectivity index (χ4v) is 5.38. The molecule has 174 valence electrons. The number of nitrogens with one attached hydrogen (secondary N) is 1. The van der Waals surface area contributed by atoms with Crippen LogP contribution in [0.15, 0.2) is 82.6 Å². The molecule has 3 aromatic carbocycles. The number of carbonyl (C=O) groups is 1. The number of rotatable bonds is 10. The van der Waals surface area contributed by atoms with Crippen molar-refractivity contribution in [3.8, 4) is 11.5 Å². The fraction of sp³-hybridized carbons (Fsp3) is 0.208. The molecule has 0 saturated carbocycles. The number of anilines is 2. The number of hydrogen-bond donors (Lipinski definition) is 1. The Morgan fingerprint density at radius 3 is 2.27 bits per heavy atom. The van der Waals surface area contributed by atoms with Crippen LogP contribution in [-0.2, 0) is 14.8 Å². The number of amides is 1. The average Bonchev–Trinajstić information content (AvgIpc) is 2.83. The van der Waals surface area contributed by atoms with E-state index >= 15 is 0 Å². The molecular formula is C24H26N2O5S2. The number of hydrogen-bond acceptors (Lipinski definition) is 6. The Balaban J connectivity index is 1.95. The number of ether oxygens (including phenoxy) is 2. The number of carbonyl (C=O) groups excluding carboxylic acids is 1. The minimum atomic E-state index is -4.09. The minimum Gasteiger partial charge on any atom is -0.493 e. The lowest BCUT2D eigenvalue weighted by Gasteiger charge is -2.24. The molecule has 33 heavy (non-hydrogen) atoms. The lowest BCUT2D eigenvalue weighted by atomic mass is 10.3. The number of sulfonamides is 1. The molecule has 7 nitrogen and oxygen atoms in total. The molecule has 0 aliphatic carbocycles. The number of benzene rings is 3. The molecule has 0 saturated heterocycles. The number of methoxy groups -OCH3 is 2. The van der Waals surface area contributed by atoms with Crippen molar-refractivity contribution in [3.05, 3.63) is 72.8 Å². The summed E-state index contributed by atoms with van der Waals surface area (Å²) in [5.41, 5.74) is 1.02. The molecule has 0 spiro atoms. The van der Waals surface area contributed by atoms with Crippen LogP contribution in [0.2, 0.25) is 0 Å². The molecule has 0 bridgehead atoms. The lowest BCUT2D eigenvalue weighted by Crippen LogP contribution is -2.38. The first-order chi connectivity index (χ1) is 15.9. The Hall–Kier alpha value is -3.17. The van der Waals surface area contributed by atoms with Gasteiger partial charge >= 0.3 is 0 Å². The van der Waals surface area contributed by atoms with E-state index in [4.69, 9.17) is 9.47 Å². The van der Waals surface area contributed by atoms with Crippen LogP contribution < -0.4 is 19.1 Å². The highest BCUT2D eigenvalue weighted by Crippen LogP contribution is 2.32. The van der Waals surface area contributed by atoms with Gasteiger partial charge in [-0.2, -0.15) is 0 Å². The van der Waals surface area contributed by atoms with Gasteiger partial charge in [-0.05, 0) is 42.2 Å². The van der Waals surface area contributed by atoms with E-state index < -0.39 is 22.5 Å². The standard InChI is InChI=1S/C24H26N2O5S2/c1-4-32-23-13-9-8-12-20(23)25-24(27)17-26(18-10-6-5-7-11-18)33(28,29)19-14-15-21(30-2)22(16-19)31-3/h5-16H,4,17H2,1-3H3,(H,25,27). The van der Waals surface area contributed by atoms with Gasteiger partial charge in [0, 0.05) is 11.0 Å². The molecule has 0 atom stereocenters. The van der Waals surface area contributed by atoms with E-state index in [1.807, 2.05) is 25.1 Å². The van der Waals surface area contributed by atoms with E-state index in [1.165, 1.54) is 32.4 Å². The fourth-order valence-electron chi connectivity index (χ4n) is 3.18. The molecule has 0 radical (unpaired) electrons. The van der Waals surface area contributed by atoms with E-state index in [9.17, 15) is 13.2 Å². The summed E-state index contributed by atoms with van der Waals surface area (Å²) < 4.78 is 38.8. The third-order valence-electron chi connectivity index (χ3n) is 4.74. The van der Waals surface area contributed by atoms with Crippen LogP contribution in [0, 0.1) is 0 Å². The van der Waals surface area contributed by atoms with E-state index in [0.29, 0.717) is 17.1 Å². The smallest absolute Gasteiger partial charge is 0.264 e. The van der Waals surface area contributed by atoms with Crippen molar-refractivity contribution in [3.63, 3.8) is 0 Å². The highest BCUT2D eigenvalue weighted by Gasteiger charge is 2.28. The molecule has 0 heterocycles. The van der Waals surface area contributed by atoms with Gasteiger partial charge in [0.25, 0.3) is 10.0 Å². The molecule has 1 amide bonds. The van der Waals surface area contributed by atoms with Crippen molar-refractivity contribution < 1.29 is 22.7 Å². The average molecular weight is 487 g/mol. The molecule has 3 aromatic rings. The Morgan fingerprint density at radius 2 is 1.61 bits per heavy atom. The zero-order chi connectivity index (χ0) is 23.8. The van der Waals surface area contributed by atoms with Gasteiger partial charge < -0.3 is 14.8 Å². The highest BCUT2D eigenvalue weighted by atomic mass is 32.2. The van der Waals surface area contributed by atoms with E-state index in [-0.39, 0.29) is 10.6 Å². The van der Waals surface area contributed by atoms with Crippen molar-refractivity contribution in [2.24, 2.45) is 0 Å². The maximum Gasteiger partial charge on any atom is 0.264 e. The van der Waals surface area contributed by atoms with Crippen LogP contribution in [0.25, 0.3) is 0 Å². The summed E-state index contributed by atoms with van der Waals surface area (Å²) in [6, 6.07) is 20.3. The third kappa shape index (κ3) is 5.80. The van der Waals surface area contributed by atoms with Crippen LogP contribution in [0.5, 0.6) is 11.5 Å².